The highest BCUT2D eigenvalue weighted by Crippen LogP contribution is 2.24. The molecule has 104 valence electrons. The van der Waals surface area contributed by atoms with Gasteiger partial charge in [-0.1, -0.05) is 0 Å². The number of hydrogen-bond donors (Lipinski definition) is 2. The average Bonchev–Trinajstić information content (AvgIpc) is 2.40. The number of halogens is 1. The van der Waals surface area contributed by atoms with Gasteiger partial charge in [0.1, 0.15) is 5.82 Å². The number of aromatic carboxylic acids is 1. The summed E-state index contributed by atoms with van der Waals surface area (Å²) in [5.74, 6) is -1.03. The molecule has 6 heteroatoms. The topological polar surface area (TPSA) is 71.5 Å². The minimum absolute atomic E-state index is 0.0983. The molecule has 5 nitrogen and oxygen atoms in total. The number of nitrogens with zero attached hydrogens (tertiary/aromatic N) is 1. The predicted octanol–water partition coefficient (Wildman–Crippen LogP) is 2.98. The zero-order valence-electron chi connectivity index (χ0n) is 11.0. The van der Waals surface area contributed by atoms with E-state index in [1.54, 1.807) is 6.92 Å². The minimum Gasteiger partial charge on any atom is -0.494 e. The summed E-state index contributed by atoms with van der Waals surface area (Å²) in [4.78, 5) is 15.2. The van der Waals surface area contributed by atoms with Crippen LogP contribution in [0.5, 0.6) is 5.75 Å². The van der Waals surface area contributed by atoms with E-state index in [0.29, 0.717) is 17.2 Å². The van der Waals surface area contributed by atoms with Gasteiger partial charge in [-0.3, -0.25) is 0 Å². The first-order valence-corrected chi connectivity index (χ1v) is 5.82. The Morgan fingerprint density at radius 2 is 2.10 bits per heavy atom. The Kier molecular flexibility index (Phi) is 3.84. The van der Waals surface area contributed by atoms with Crippen molar-refractivity contribution in [3.63, 3.8) is 0 Å². The van der Waals surface area contributed by atoms with E-state index in [1.807, 2.05) is 0 Å². The van der Waals surface area contributed by atoms with Gasteiger partial charge in [0.05, 0.1) is 12.7 Å². The van der Waals surface area contributed by atoms with Gasteiger partial charge in [-0.25, -0.2) is 14.2 Å². The zero-order valence-corrected chi connectivity index (χ0v) is 11.0. The summed E-state index contributed by atoms with van der Waals surface area (Å²) in [5.41, 5.74) is 1.26. The Balaban J connectivity index is 2.32. The van der Waals surface area contributed by atoms with Crippen LogP contribution >= 0.6 is 0 Å². The molecule has 1 aromatic heterocycles. The Morgan fingerprint density at radius 1 is 1.35 bits per heavy atom. The van der Waals surface area contributed by atoms with E-state index in [1.165, 1.54) is 37.4 Å². The highest BCUT2D eigenvalue weighted by atomic mass is 19.1. The largest absolute Gasteiger partial charge is 0.494 e. The van der Waals surface area contributed by atoms with Crippen molar-refractivity contribution in [3.05, 3.63) is 47.4 Å². The number of aryl methyl sites for hydroxylation is 1. The minimum atomic E-state index is -1.03. The van der Waals surface area contributed by atoms with Crippen molar-refractivity contribution in [2.45, 2.75) is 6.92 Å². The van der Waals surface area contributed by atoms with Gasteiger partial charge in [-0.2, -0.15) is 0 Å². The fraction of sp³-hybridized carbons (Fsp3) is 0.143. The van der Waals surface area contributed by atoms with Crippen molar-refractivity contribution in [1.82, 2.24) is 4.98 Å². The lowest BCUT2D eigenvalue weighted by Gasteiger charge is -2.09. The molecule has 2 N–H and O–H groups in total. The van der Waals surface area contributed by atoms with Crippen LogP contribution in [0, 0.1) is 12.7 Å². The van der Waals surface area contributed by atoms with Crippen LogP contribution in [0.3, 0.4) is 0 Å². The standard InChI is InChI=1S/C14H13FN2O3/c1-8-5-9(14(18)19)6-13(16-8)17-10-3-4-11(15)12(7-10)20-2/h3-7H,1-2H3,(H,16,17)(H,18,19). The highest BCUT2D eigenvalue weighted by molar-refractivity contribution is 5.88. The Labute approximate surface area is 115 Å². The molecule has 0 atom stereocenters. The quantitative estimate of drug-likeness (QED) is 0.898. The summed E-state index contributed by atoms with van der Waals surface area (Å²) in [5, 5.41) is 11.9. The molecular formula is C14H13FN2O3. The first-order valence-electron chi connectivity index (χ1n) is 5.82. The molecule has 0 saturated heterocycles. The van der Waals surface area contributed by atoms with E-state index in [9.17, 15) is 9.18 Å². The van der Waals surface area contributed by atoms with E-state index < -0.39 is 11.8 Å². The number of benzene rings is 1. The third-order valence-corrected chi connectivity index (χ3v) is 2.62. The van der Waals surface area contributed by atoms with Crippen molar-refractivity contribution in [2.24, 2.45) is 0 Å². The van der Waals surface area contributed by atoms with Gasteiger partial charge in [0, 0.05) is 17.4 Å². The van der Waals surface area contributed by atoms with Gasteiger partial charge in [0.25, 0.3) is 0 Å². The van der Waals surface area contributed by atoms with E-state index in [0.717, 1.165) is 0 Å². The Bertz CT molecular complexity index is 659. The van der Waals surface area contributed by atoms with Crippen LogP contribution in [0.15, 0.2) is 30.3 Å². The van der Waals surface area contributed by atoms with Crippen LogP contribution < -0.4 is 10.1 Å². The van der Waals surface area contributed by atoms with E-state index in [-0.39, 0.29) is 11.3 Å². The van der Waals surface area contributed by atoms with Gasteiger partial charge in [0.2, 0.25) is 0 Å². The lowest BCUT2D eigenvalue weighted by molar-refractivity contribution is 0.0696. The molecule has 2 aromatic rings. The number of anilines is 2. The second-order valence-corrected chi connectivity index (χ2v) is 4.16. The number of hydrogen-bond acceptors (Lipinski definition) is 4. The second-order valence-electron chi connectivity index (χ2n) is 4.16. The second kappa shape index (κ2) is 5.56. The molecule has 0 aliphatic heterocycles. The lowest BCUT2D eigenvalue weighted by Crippen LogP contribution is -2.02. The first-order chi connectivity index (χ1) is 9.49. The van der Waals surface area contributed by atoms with Crippen LogP contribution in [-0.2, 0) is 0 Å². The van der Waals surface area contributed by atoms with Gasteiger partial charge in [-0.05, 0) is 31.2 Å². The van der Waals surface area contributed by atoms with Crippen LogP contribution in [-0.4, -0.2) is 23.2 Å². The number of methoxy groups -OCH3 is 1. The third kappa shape index (κ3) is 3.03. The number of rotatable bonds is 4. The number of carboxylic acid groups (broad SMARTS) is 1. The maximum atomic E-state index is 13.3. The van der Waals surface area contributed by atoms with Gasteiger partial charge in [-0.15, -0.1) is 0 Å². The smallest absolute Gasteiger partial charge is 0.335 e. The summed E-state index contributed by atoms with van der Waals surface area (Å²) in [6.07, 6.45) is 0. The number of aromatic nitrogens is 1. The summed E-state index contributed by atoms with van der Waals surface area (Å²) in [6, 6.07) is 7.13. The first kappa shape index (κ1) is 13.8. The molecule has 0 spiro atoms. The summed E-state index contributed by atoms with van der Waals surface area (Å²) >= 11 is 0. The number of carboxylic acids is 1. The van der Waals surface area contributed by atoms with E-state index in [2.05, 4.69) is 10.3 Å². The molecule has 1 heterocycles. The maximum Gasteiger partial charge on any atom is 0.335 e. The van der Waals surface area contributed by atoms with Gasteiger partial charge >= 0.3 is 5.97 Å². The van der Waals surface area contributed by atoms with Crippen molar-refractivity contribution in [1.29, 1.82) is 0 Å². The summed E-state index contributed by atoms with van der Waals surface area (Å²) in [6.45, 7) is 1.70. The van der Waals surface area contributed by atoms with Crippen molar-refractivity contribution >= 4 is 17.5 Å². The Hall–Kier alpha value is -2.63. The number of nitrogens with one attached hydrogen (secondary N) is 1. The normalized spacial score (nSPS) is 10.2. The lowest BCUT2D eigenvalue weighted by atomic mass is 10.2. The molecule has 0 radical (unpaired) electrons. The van der Waals surface area contributed by atoms with Crippen LogP contribution in [0.25, 0.3) is 0 Å². The fourth-order valence-electron chi connectivity index (χ4n) is 1.74. The predicted molar refractivity (Wildman–Crippen MR) is 72.2 cm³/mol. The summed E-state index contributed by atoms with van der Waals surface area (Å²) < 4.78 is 18.2. The maximum absolute atomic E-state index is 13.3. The van der Waals surface area contributed by atoms with Crippen molar-refractivity contribution < 1.29 is 19.0 Å². The fourth-order valence-corrected chi connectivity index (χ4v) is 1.74. The monoisotopic (exact) mass is 276 g/mol. The molecule has 0 unspecified atom stereocenters. The molecule has 2 rings (SSSR count). The van der Waals surface area contributed by atoms with Gasteiger partial charge in [0.15, 0.2) is 11.6 Å². The van der Waals surface area contributed by atoms with Crippen LogP contribution in [0.2, 0.25) is 0 Å². The molecule has 0 fully saturated rings. The van der Waals surface area contributed by atoms with E-state index >= 15 is 0 Å². The molecule has 1 aromatic carbocycles. The summed E-state index contributed by atoms with van der Waals surface area (Å²) in [7, 11) is 1.37. The highest BCUT2D eigenvalue weighted by Gasteiger charge is 2.08. The van der Waals surface area contributed by atoms with Crippen LogP contribution in [0.4, 0.5) is 15.9 Å². The number of ether oxygens (including phenoxy) is 1. The molecule has 0 saturated carbocycles. The molecule has 0 aliphatic rings. The van der Waals surface area contributed by atoms with E-state index in [4.69, 9.17) is 9.84 Å². The SMILES string of the molecule is COc1cc(Nc2cc(C(=O)O)cc(C)n2)ccc1F. The van der Waals surface area contributed by atoms with Gasteiger partial charge < -0.3 is 15.2 Å². The Morgan fingerprint density at radius 3 is 2.75 bits per heavy atom. The van der Waals surface area contributed by atoms with Crippen LogP contribution in [0.1, 0.15) is 16.1 Å². The molecular weight excluding hydrogens is 263 g/mol. The average molecular weight is 276 g/mol. The number of carbonyl (C=O) groups is 1. The number of pyridine rings is 1. The molecule has 0 bridgehead atoms. The molecule has 0 aliphatic carbocycles. The zero-order chi connectivity index (χ0) is 14.7. The van der Waals surface area contributed by atoms with Crippen molar-refractivity contribution in [2.75, 3.05) is 12.4 Å². The molecule has 20 heavy (non-hydrogen) atoms. The van der Waals surface area contributed by atoms with Crippen molar-refractivity contribution in [3.8, 4) is 5.75 Å². The molecule has 0 amide bonds. The third-order valence-electron chi connectivity index (χ3n) is 2.62.